The summed E-state index contributed by atoms with van der Waals surface area (Å²) in [5.41, 5.74) is 7.77. The Morgan fingerprint density at radius 2 is 2.35 bits per heavy atom. The monoisotopic (exact) mass is 272 g/mol. The summed E-state index contributed by atoms with van der Waals surface area (Å²) in [5.74, 6) is 6.00. The molecule has 1 atom stereocenters. The van der Waals surface area contributed by atoms with Gasteiger partial charge in [-0.15, -0.1) is 0 Å². The Morgan fingerprint density at radius 3 is 3.15 bits per heavy atom. The molecule has 0 amide bonds. The highest BCUT2D eigenvalue weighted by Gasteiger charge is 2.19. The number of nitrogens with two attached hydrogens (primary N) is 1. The number of hydrogen-bond donors (Lipinski definition) is 1. The van der Waals surface area contributed by atoms with E-state index in [1.165, 1.54) is 18.4 Å². The van der Waals surface area contributed by atoms with Gasteiger partial charge in [-0.1, -0.05) is 24.0 Å². The molecule has 0 radical (unpaired) electrons. The van der Waals surface area contributed by atoms with Crippen molar-refractivity contribution in [1.82, 2.24) is 4.90 Å². The number of rotatable bonds is 4. The molecular formula is C17H24N2O. The Morgan fingerprint density at radius 1 is 1.45 bits per heavy atom. The number of likely N-dealkylation sites (tertiary alicyclic amines) is 1. The van der Waals surface area contributed by atoms with E-state index in [-0.39, 0.29) is 0 Å². The third-order valence-corrected chi connectivity index (χ3v) is 3.53. The maximum absolute atomic E-state index is 5.75. The summed E-state index contributed by atoms with van der Waals surface area (Å²) in [5, 5.41) is 0. The summed E-state index contributed by atoms with van der Waals surface area (Å²) in [7, 11) is 0. The minimum absolute atomic E-state index is 0.397. The molecule has 0 bridgehead atoms. The zero-order valence-electron chi connectivity index (χ0n) is 12.3. The SMILES string of the molecule is CCOC1CCCN(Cc2cccc(C#CCN)c2)C1. The molecule has 1 aromatic carbocycles. The molecule has 1 unspecified atom stereocenters. The van der Waals surface area contributed by atoms with Gasteiger partial charge in [0.05, 0.1) is 12.6 Å². The van der Waals surface area contributed by atoms with Gasteiger partial charge in [-0.25, -0.2) is 0 Å². The van der Waals surface area contributed by atoms with E-state index in [1.54, 1.807) is 0 Å². The summed E-state index contributed by atoms with van der Waals surface area (Å²) in [6.45, 7) is 6.45. The molecule has 0 spiro atoms. The zero-order chi connectivity index (χ0) is 14.2. The van der Waals surface area contributed by atoms with Crippen molar-refractivity contribution in [2.24, 2.45) is 5.73 Å². The molecule has 1 aliphatic rings. The molecule has 1 saturated heterocycles. The first-order valence-corrected chi connectivity index (χ1v) is 7.43. The highest BCUT2D eigenvalue weighted by Crippen LogP contribution is 2.16. The fourth-order valence-electron chi connectivity index (χ4n) is 2.69. The van der Waals surface area contributed by atoms with Crippen molar-refractivity contribution in [3.8, 4) is 11.8 Å². The molecule has 2 rings (SSSR count). The molecule has 20 heavy (non-hydrogen) atoms. The Labute approximate surface area is 122 Å². The van der Waals surface area contributed by atoms with Gasteiger partial charge < -0.3 is 10.5 Å². The van der Waals surface area contributed by atoms with E-state index in [4.69, 9.17) is 10.5 Å². The minimum Gasteiger partial charge on any atom is -0.377 e. The quantitative estimate of drug-likeness (QED) is 0.852. The number of ether oxygens (including phenoxy) is 1. The van der Waals surface area contributed by atoms with Crippen molar-refractivity contribution in [1.29, 1.82) is 0 Å². The smallest absolute Gasteiger partial charge is 0.0702 e. The van der Waals surface area contributed by atoms with Crippen LogP contribution < -0.4 is 5.73 Å². The molecule has 3 nitrogen and oxygen atoms in total. The summed E-state index contributed by atoms with van der Waals surface area (Å²) in [6.07, 6.45) is 2.80. The van der Waals surface area contributed by atoms with Gasteiger partial charge in [0.1, 0.15) is 0 Å². The van der Waals surface area contributed by atoms with E-state index in [2.05, 4.69) is 41.9 Å². The lowest BCUT2D eigenvalue weighted by Gasteiger charge is -2.32. The van der Waals surface area contributed by atoms with Gasteiger partial charge in [0.25, 0.3) is 0 Å². The van der Waals surface area contributed by atoms with Crippen LogP contribution >= 0.6 is 0 Å². The molecule has 108 valence electrons. The molecule has 2 N–H and O–H groups in total. The van der Waals surface area contributed by atoms with E-state index in [0.717, 1.165) is 31.8 Å². The van der Waals surface area contributed by atoms with Crippen LogP contribution in [0.3, 0.4) is 0 Å². The van der Waals surface area contributed by atoms with Gasteiger partial charge in [0.2, 0.25) is 0 Å². The summed E-state index contributed by atoms with van der Waals surface area (Å²) in [6, 6.07) is 8.43. The third-order valence-electron chi connectivity index (χ3n) is 3.53. The molecule has 3 heteroatoms. The van der Waals surface area contributed by atoms with Gasteiger partial charge in [-0.05, 0) is 44.0 Å². The molecule has 0 aliphatic carbocycles. The van der Waals surface area contributed by atoms with E-state index in [1.807, 2.05) is 6.07 Å². The summed E-state index contributed by atoms with van der Waals surface area (Å²) < 4.78 is 5.75. The average molecular weight is 272 g/mol. The fourth-order valence-corrected chi connectivity index (χ4v) is 2.69. The second-order valence-electron chi connectivity index (χ2n) is 5.16. The normalized spacial score (nSPS) is 19.4. The van der Waals surface area contributed by atoms with E-state index >= 15 is 0 Å². The van der Waals surface area contributed by atoms with Crippen molar-refractivity contribution < 1.29 is 4.74 Å². The maximum Gasteiger partial charge on any atom is 0.0702 e. The Hall–Kier alpha value is -1.34. The van der Waals surface area contributed by atoms with Gasteiger partial charge in [-0.3, -0.25) is 4.90 Å². The van der Waals surface area contributed by atoms with Gasteiger partial charge in [0.15, 0.2) is 0 Å². The second kappa shape index (κ2) is 8.06. The molecule has 1 fully saturated rings. The number of hydrogen-bond acceptors (Lipinski definition) is 3. The van der Waals surface area contributed by atoms with Gasteiger partial charge >= 0.3 is 0 Å². The van der Waals surface area contributed by atoms with Crippen LogP contribution in [0, 0.1) is 11.8 Å². The van der Waals surface area contributed by atoms with E-state index in [0.29, 0.717) is 12.6 Å². The number of nitrogens with zero attached hydrogens (tertiary/aromatic N) is 1. The summed E-state index contributed by atoms with van der Waals surface area (Å²) in [4.78, 5) is 2.47. The van der Waals surface area contributed by atoms with Crippen LogP contribution in [0.15, 0.2) is 24.3 Å². The average Bonchev–Trinajstić information content (AvgIpc) is 2.46. The van der Waals surface area contributed by atoms with Crippen LogP contribution in [0.25, 0.3) is 0 Å². The first-order chi connectivity index (χ1) is 9.81. The maximum atomic E-state index is 5.75. The van der Waals surface area contributed by atoms with Crippen LogP contribution in [-0.4, -0.2) is 37.2 Å². The largest absolute Gasteiger partial charge is 0.377 e. The van der Waals surface area contributed by atoms with Crippen LogP contribution in [0.2, 0.25) is 0 Å². The van der Waals surface area contributed by atoms with Gasteiger partial charge in [0, 0.05) is 25.3 Å². The Kier molecular flexibility index (Phi) is 6.07. The molecule has 1 aliphatic heterocycles. The van der Waals surface area contributed by atoms with Crippen molar-refractivity contribution >= 4 is 0 Å². The number of piperidine rings is 1. The van der Waals surface area contributed by atoms with Crippen LogP contribution in [-0.2, 0) is 11.3 Å². The zero-order valence-corrected chi connectivity index (χ0v) is 12.3. The standard InChI is InChI=1S/C17H24N2O/c1-2-20-17-9-5-11-19(14-17)13-16-7-3-6-15(12-16)8-4-10-18/h3,6-7,12,17H,2,5,9-11,13-14,18H2,1H3. The Bertz CT molecular complexity index is 473. The molecule has 0 aromatic heterocycles. The highest BCUT2D eigenvalue weighted by molar-refractivity contribution is 5.37. The minimum atomic E-state index is 0.397. The lowest BCUT2D eigenvalue weighted by Crippen LogP contribution is -2.39. The third kappa shape index (κ3) is 4.64. The van der Waals surface area contributed by atoms with Crippen LogP contribution in [0.4, 0.5) is 0 Å². The van der Waals surface area contributed by atoms with Crippen molar-refractivity contribution in [2.45, 2.75) is 32.4 Å². The Balaban J connectivity index is 1.95. The highest BCUT2D eigenvalue weighted by atomic mass is 16.5. The van der Waals surface area contributed by atoms with Crippen LogP contribution in [0.1, 0.15) is 30.9 Å². The molecular weight excluding hydrogens is 248 g/mol. The van der Waals surface area contributed by atoms with Crippen molar-refractivity contribution in [3.05, 3.63) is 35.4 Å². The predicted octanol–water partition coefficient (Wildman–Crippen LogP) is 2.00. The van der Waals surface area contributed by atoms with Crippen molar-refractivity contribution in [3.63, 3.8) is 0 Å². The first kappa shape index (κ1) is 15.1. The summed E-state index contributed by atoms with van der Waals surface area (Å²) >= 11 is 0. The van der Waals surface area contributed by atoms with Gasteiger partial charge in [-0.2, -0.15) is 0 Å². The second-order valence-corrected chi connectivity index (χ2v) is 5.16. The molecule has 1 heterocycles. The lowest BCUT2D eigenvalue weighted by molar-refractivity contribution is 0.00363. The topological polar surface area (TPSA) is 38.5 Å². The van der Waals surface area contributed by atoms with Crippen LogP contribution in [0.5, 0.6) is 0 Å². The molecule has 1 aromatic rings. The van der Waals surface area contributed by atoms with Crippen molar-refractivity contribution in [2.75, 3.05) is 26.2 Å². The first-order valence-electron chi connectivity index (χ1n) is 7.43. The lowest BCUT2D eigenvalue weighted by atomic mass is 10.1. The fraction of sp³-hybridized carbons (Fsp3) is 0.529. The van der Waals surface area contributed by atoms with E-state index < -0.39 is 0 Å². The number of benzene rings is 1. The van der Waals surface area contributed by atoms with E-state index in [9.17, 15) is 0 Å². The molecule has 0 saturated carbocycles. The predicted molar refractivity (Wildman–Crippen MR) is 82.3 cm³/mol.